The second-order valence-corrected chi connectivity index (χ2v) is 12.6. The summed E-state index contributed by atoms with van der Waals surface area (Å²) in [5.41, 5.74) is 1.71. The van der Waals surface area contributed by atoms with E-state index in [0.717, 1.165) is 41.9 Å². The van der Waals surface area contributed by atoms with Crippen molar-refractivity contribution in [3.63, 3.8) is 0 Å². The van der Waals surface area contributed by atoms with Crippen LogP contribution in [0.2, 0.25) is 0 Å². The Morgan fingerprint density at radius 3 is 2.52 bits per heavy atom. The summed E-state index contributed by atoms with van der Waals surface area (Å²) in [6, 6.07) is 10.4. The Labute approximate surface area is 265 Å². The molecule has 2 saturated heterocycles. The number of hydrogen-bond acceptors (Lipinski definition) is 9. The van der Waals surface area contributed by atoms with Crippen molar-refractivity contribution in [1.29, 1.82) is 0 Å². The lowest BCUT2D eigenvalue weighted by atomic mass is 10.1. The summed E-state index contributed by atoms with van der Waals surface area (Å²) >= 11 is 7.99. The Morgan fingerprint density at radius 1 is 1.07 bits per heavy atom. The summed E-state index contributed by atoms with van der Waals surface area (Å²) in [4.78, 5) is 42.7. The molecule has 1 aromatic heterocycles. The number of rotatable bonds is 11. The Kier molecular flexibility index (Phi) is 10.5. The van der Waals surface area contributed by atoms with Crippen LogP contribution in [0.4, 0.5) is 14.5 Å². The number of carboxylic acids is 1. The molecular weight excluding hydrogens is 631 g/mol. The zero-order chi connectivity index (χ0) is 31.2. The van der Waals surface area contributed by atoms with E-state index in [9.17, 15) is 23.2 Å². The number of ether oxygens (including phenoxy) is 1. The first kappa shape index (κ1) is 31.9. The van der Waals surface area contributed by atoms with Crippen LogP contribution in [-0.2, 0) is 14.3 Å². The second kappa shape index (κ2) is 14.5. The Balaban J connectivity index is 1.28. The van der Waals surface area contributed by atoms with Crippen LogP contribution < -0.4 is 10.6 Å². The molecule has 9 nitrogen and oxygen atoms in total. The van der Waals surface area contributed by atoms with Crippen LogP contribution in [0.3, 0.4) is 0 Å². The number of halogens is 2. The molecule has 0 unspecified atom stereocenters. The monoisotopic (exact) mass is 658 g/mol. The largest absolute Gasteiger partial charge is 0.478 e. The van der Waals surface area contributed by atoms with Gasteiger partial charge in [0.15, 0.2) is 11.6 Å². The number of aromatic carboxylic acids is 1. The van der Waals surface area contributed by atoms with Gasteiger partial charge in [0, 0.05) is 36.7 Å². The maximum absolute atomic E-state index is 13.7. The Hall–Kier alpha value is -3.53. The van der Waals surface area contributed by atoms with E-state index in [0.29, 0.717) is 52.3 Å². The van der Waals surface area contributed by atoms with Gasteiger partial charge in [-0.05, 0) is 65.0 Å². The number of thiocarbonyl (C=S) groups is 1. The normalized spacial score (nSPS) is 17.3. The summed E-state index contributed by atoms with van der Waals surface area (Å²) in [5, 5.41) is 17.0. The third-order valence-corrected chi connectivity index (χ3v) is 9.28. The van der Waals surface area contributed by atoms with E-state index in [2.05, 4.69) is 15.5 Å². The number of benzene rings is 2. The molecule has 2 aliphatic heterocycles. The average molecular weight is 659 g/mol. The first-order valence-corrected chi connectivity index (χ1v) is 15.8. The van der Waals surface area contributed by atoms with Crippen molar-refractivity contribution in [2.24, 2.45) is 0 Å². The number of nitrogens with one attached hydrogen (secondary N) is 2. The topological polar surface area (TPSA) is 111 Å². The lowest BCUT2D eigenvalue weighted by Crippen LogP contribution is -2.51. The van der Waals surface area contributed by atoms with Gasteiger partial charge in [0.2, 0.25) is 5.91 Å². The SMILES string of the molecule is O=C(O)c1ccc(NC(=O)[C@H](CN2C(=O)/C(=C/c3cc(-c4ccc(F)c(F)c4)cs3)SC2=S)NCCN2CCOCC2)cc1. The number of hydrogen-bond donors (Lipinski definition) is 3. The van der Waals surface area contributed by atoms with Crippen LogP contribution >= 0.6 is 35.3 Å². The predicted molar refractivity (Wildman–Crippen MR) is 171 cm³/mol. The highest BCUT2D eigenvalue weighted by atomic mass is 32.2. The number of morpholine rings is 1. The quantitative estimate of drug-likeness (QED) is 0.202. The van der Waals surface area contributed by atoms with Gasteiger partial charge < -0.3 is 20.5 Å². The second-order valence-electron chi connectivity index (χ2n) is 9.99. The molecule has 3 N–H and O–H groups in total. The molecule has 14 heteroatoms. The van der Waals surface area contributed by atoms with E-state index in [1.807, 2.05) is 0 Å². The molecule has 3 heterocycles. The van der Waals surface area contributed by atoms with Gasteiger partial charge in [-0.2, -0.15) is 0 Å². The van der Waals surface area contributed by atoms with Gasteiger partial charge in [-0.15, -0.1) is 11.3 Å². The van der Waals surface area contributed by atoms with Gasteiger partial charge in [0.05, 0.1) is 30.2 Å². The number of carboxylic acid groups (broad SMARTS) is 1. The van der Waals surface area contributed by atoms with Crippen LogP contribution in [0, 0.1) is 11.6 Å². The highest BCUT2D eigenvalue weighted by Gasteiger charge is 2.35. The maximum atomic E-state index is 13.7. The molecule has 2 aromatic carbocycles. The average Bonchev–Trinajstić information content (AvgIpc) is 3.58. The van der Waals surface area contributed by atoms with E-state index in [-0.39, 0.29) is 18.0 Å². The van der Waals surface area contributed by atoms with Crippen LogP contribution in [-0.4, -0.2) is 89.0 Å². The number of thiophene rings is 1. The van der Waals surface area contributed by atoms with E-state index in [1.165, 1.54) is 46.6 Å². The van der Waals surface area contributed by atoms with E-state index in [4.69, 9.17) is 22.1 Å². The molecule has 5 rings (SSSR count). The molecule has 0 aliphatic carbocycles. The summed E-state index contributed by atoms with van der Waals surface area (Å²) < 4.78 is 32.8. The van der Waals surface area contributed by atoms with Gasteiger partial charge in [-0.25, -0.2) is 13.6 Å². The molecule has 44 heavy (non-hydrogen) atoms. The third-order valence-electron chi connectivity index (χ3n) is 7.02. The number of anilines is 1. The van der Waals surface area contributed by atoms with E-state index < -0.39 is 29.6 Å². The number of carbonyl (C=O) groups excluding carboxylic acids is 2. The summed E-state index contributed by atoms with van der Waals surface area (Å²) in [6.07, 6.45) is 1.69. The molecule has 3 aromatic rings. The molecule has 0 spiro atoms. The lowest BCUT2D eigenvalue weighted by molar-refractivity contribution is -0.123. The van der Waals surface area contributed by atoms with Crippen LogP contribution in [0.25, 0.3) is 17.2 Å². The summed E-state index contributed by atoms with van der Waals surface area (Å²) in [6.45, 7) is 4.00. The minimum absolute atomic E-state index is 0.0191. The zero-order valence-corrected chi connectivity index (χ0v) is 25.7. The molecule has 0 radical (unpaired) electrons. The fourth-order valence-corrected chi connectivity index (χ4v) is 6.80. The van der Waals surface area contributed by atoms with Crippen LogP contribution in [0.1, 0.15) is 15.2 Å². The van der Waals surface area contributed by atoms with Gasteiger partial charge in [-0.1, -0.05) is 30.0 Å². The molecule has 0 saturated carbocycles. The molecule has 230 valence electrons. The van der Waals surface area contributed by atoms with Crippen molar-refractivity contribution < 1.29 is 33.0 Å². The highest BCUT2D eigenvalue weighted by Crippen LogP contribution is 2.35. The first-order valence-electron chi connectivity index (χ1n) is 13.6. The molecule has 2 amide bonds. The van der Waals surface area contributed by atoms with E-state index in [1.54, 1.807) is 17.5 Å². The van der Waals surface area contributed by atoms with Crippen molar-refractivity contribution in [2.45, 2.75) is 6.04 Å². The molecule has 1 atom stereocenters. The fraction of sp³-hybridized carbons (Fsp3) is 0.267. The number of amides is 2. The smallest absolute Gasteiger partial charge is 0.335 e. The zero-order valence-electron chi connectivity index (χ0n) is 23.3. The standard InChI is InChI=1S/C30H28F2N4O5S3/c31-23-6-3-19(14-24(23)32)20-13-22(43-17-20)15-26-28(38)36(30(42)44-26)16-25(33-7-8-35-9-11-41-12-10-35)27(37)34-21-4-1-18(2-5-21)29(39)40/h1-6,13-15,17,25,33H,7-12,16H2,(H,34,37)(H,39,40)/b26-15-/t25-/m0/s1. The minimum atomic E-state index is -1.07. The molecular formula is C30H28F2N4O5S3. The van der Waals surface area contributed by atoms with Crippen molar-refractivity contribution in [1.82, 2.24) is 15.1 Å². The van der Waals surface area contributed by atoms with Gasteiger partial charge in [-0.3, -0.25) is 19.4 Å². The number of thioether (sulfide) groups is 1. The Morgan fingerprint density at radius 2 is 1.82 bits per heavy atom. The first-order chi connectivity index (χ1) is 21.2. The summed E-state index contributed by atoms with van der Waals surface area (Å²) in [7, 11) is 0. The number of nitrogens with zero attached hydrogens (tertiary/aromatic N) is 2. The predicted octanol–water partition coefficient (Wildman–Crippen LogP) is 4.52. The maximum Gasteiger partial charge on any atom is 0.335 e. The highest BCUT2D eigenvalue weighted by molar-refractivity contribution is 8.26. The number of carbonyl (C=O) groups is 3. The molecule has 2 fully saturated rings. The fourth-order valence-electron chi connectivity index (χ4n) is 4.61. The van der Waals surface area contributed by atoms with Crippen molar-refractivity contribution in [3.05, 3.63) is 80.9 Å². The van der Waals surface area contributed by atoms with Crippen molar-refractivity contribution >= 4 is 69.2 Å². The van der Waals surface area contributed by atoms with Crippen LogP contribution in [0.15, 0.2) is 58.8 Å². The van der Waals surface area contributed by atoms with Crippen LogP contribution in [0.5, 0.6) is 0 Å². The third kappa shape index (κ3) is 7.94. The molecule has 2 aliphatic rings. The van der Waals surface area contributed by atoms with Gasteiger partial charge in [0.1, 0.15) is 10.4 Å². The van der Waals surface area contributed by atoms with E-state index >= 15 is 0 Å². The molecule has 0 bridgehead atoms. The van der Waals surface area contributed by atoms with Gasteiger partial charge >= 0.3 is 5.97 Å². The van der Waals surface area contributed by atoms with Crippen molar-refractivity contribution in [3.8, 4) is 11.1 Å². The Bertz CT molecular complexity index is 1590. The van der Waals surface area contributed by atoms with Crippen molar-refractivity contribution in [2.75, 3.05) is 51.3 Å². The minimum Gasteiger partial charge on any atom is -0.478 e. The lowest BCUT2D eigenvalue weighted by Gasteiger charge is -2.28. The van der Waals surface area contributed by atoms with Gasteiger partial charge in [0.25, 0.3) is 5.91 Å². The summed E-state index contributed by atoms with van der Waals surface area (Å²) in [5.74, 6) is -3.68.